The highest BCUT2D eigenvalue weighted by atomic mass is 32.1. The third-order valence-electron chi connectivity index (χ3n) is 2.64. The molecule has 6 nitrogen and oxygen atoms in total. The van der Waals surface area contributed by atoms with Crippen LogP contribution in [0.4, 0.5) is 11.8 Å². The van der Waals surface area contributed by atoms with Crippen LogP contribution in [0.15, 0.2) is 6.07 Å². The van der Waals surface area contributed by atoms with E-state index in [1.54, 1.807) is 18.4 Å². The summed E-state index contributed by atoms with van der Waals surface area (Å²) in [5.41, 5.74) is 0. The van der Waals surface area contributed by atoms with Gasteiger partial charge in [-0.1, -0.05) is 6.92 Å². The summed E-state index contributed by atoms with van der Waals surface area (Å²) in [7, 11) is 3.12. The highest BCUT2D eigenvalue weighted by molar-refractivity contribution is 7.18. The number of hydrogen-bond donors (Lipinski definition) is 2. The molecule has 2 rings (SSSR count). The highest BCUT2D eigenvalue weighted by Crippen LogP contribution is 2.30. The number of thiophene rings is 1. The normalized spacial score (nSPS) is 10.5. The molecule has 19 heavy (non-hydrogen) atoms. The lowest BCUT2D eigenvalue weighted by molar-refractivity contribution is -0.138. The van der Waals surface area contributed by atoms with Gasteiger partial charge in [0.2, 0.25) is 5.95 Å². The van der Waals surface area contributed by atoms with Gasteiger partial charge in [-0.15, -0.1) is 11.3 Å². The fraction of sp³-hybridized carbons (Fsp3) is 0.417. The first-order valence-electron chi connectivity index (χ1n) is 5.96. The van der Waals surface area contributed by atoms with Crippen LogP contribution in [0.3, 0.4) is 0 Å². The van der Waals surface area contributed by atoms with Gasteiger partial charge >= 0.3 is 5.97 Å². The molecule has 7 heteroatoms. The fourth-order valence-electron chi connectivity index (χ4n) is 1.62. The fourth-order valence-corrected chi connectivity index (χ4v) is 2.59. The van der Waals surface area contributed by atoms with E-state index in [0.29, 0.717) is 11.8 Å². The quantitative estimate of drug-likeness (QED) is 0.814. The second kappa shape index (κ2) is 5.83. The van der Waals surface area contributed by atoms with E-state index in [-0.39, 0.29) is 12.5 Å². The van der Waals surface area contributed by atoms with Gasteiger partial charge in [0.15, 0.2) is 0 Å². The lowest BCUT2D eigenvalue weighted by atomic mass is 10.3. The number of carbonyl (C=O) groups is 1. The van der Waals surface area contributed by atoms with Crippen molar-refractivity contribution in [3.05, 3.63) is 10.9 Å². The van der Waals surface area contributed by atoms with Gasteiger partial charge in [-0.25, -0.2) is 4.98 Å². The minimum Gasteiger partial charge on any atom is -0.468 e. The van der Waals surface area contributed by atoms with Crippen LogP contribution in [-0.4, -0.2) is 36.6 Å². The Kier molecular flexibility index (Phi) is 4.16. The molecular formula is C12H16N4O2S. The molecule has 0 aromatic carbocycles. The summed E-state index contributed by atoms with van der Waals surface area (Å²) in [6.07, 6.45) is 0.951. The van der Waals surface area contributed by atoms with Crippen molar-refractivity contribution in [2.24, 2.45) is 0 Å². The Labute approximate surface area is 115 Å². The summed E-state index contributed by atoms with van der Waals surface area (Å²) in [5, 5.41) is 6.84. The van der Waals surface area contributed by atoms with Gasteiger partial charge < -0.3 is 15.4 Å². The van der Waals surface area contributed by atoms with E-state index in [2.05, 4.69) is 38.3 Å². The van der Waals surface area contributed by atoms with Crippen LogP contribution in [-0.2, 0) is 16.0 Å². The maximum atomic E-state index is 11.2. The maximum absolute atomic E-state index is 11.2. The van der Waals surface area contributed by atoms with Crippen molar-refractivity contribution in [2.75, 3.05) is 31.3 Å². The molecule has 0 aliphatic heterocycles. The largest absolute Gasteiger partial charge is 0.468 e. The first-order valence-corrected chi connectivity index (χ1v) is 6.78. The average molecular weight is 280 g/mol. The number of methoxy groups -OCH3 is 1. The van der Waals surface area contributed by atoms with Crippen molar-refractivity contribution < 1.29 is 9.53 Å². The summed E-state index contributed by atoms with van der Waals surface area (Å²) in [5.74, 6) is 0.851. The van der Waals surface area contributed by atoms with Crippen LogP contribution in [0.5, 0.6) is 0 Å². The molecule has 0 atom stereocenters. The van der Waals surface area contributed by atoms with Crippen molar-refractivity contribution in [2.45, 2.75) is 13.3 Å². The molecule has 102 valence electrons. The maximum Gasteiger partial charge on any atom is 0.325 e. The number of hydrogen-bond acceptors (Lipinski definition) is 7. The van der Waals surface area contributed by atoms with Crippen LogP contribution >= 0.6 is 11.3 Å². The SMILES string of the molecule is CCc1cc2c(NCC(=O)OC)nc(NC)nc2s1. The van der Waals surface area contributed by atoms with Crippen molar-refractivity contribution >= 4 is 39.3 Å². The number of anilines is 2. The number of fused-ring (bicyclic) bond motifs is 1. The van der Waals surface area contributed by atoms with Gasteiger partial charge in [-0.2, -0.15) is 4.98 Å². The molecule has 2 heterocycles. The first-order chi connectivity index (χ1) is 9.17. The van der Waals surface area contributed by atoms with Gasteiger partial charge in [0.25, 0.3) is 0 Å². The number of esters is 1. The first kappa shape index (κ1) is 13.5. The molecule has 0 saturated carbocycles. The Morgan fingerprint density at radius 1 is 1.47 bits per heavy atom. The Morgan fingerprint density at radius 2 is 2.26 bits per heavy atom. The zero-order valence-corrected chi connectivity index (χ0v) is 11.9. The average Bonchev–Trinajstić information content (AvgIpc) is 2.86. The number of nitrogens with zero attached hydrogens (tertiary/aromatic N) is 2. The molecule has 0 aliphatic rings. The number of nitrogens with one attached hydrogen (secondary N) is 2. The standard InChI is InChI=1S/C12H16N4O2S/c1-4-7-5-8-10(14-6-9(17)18-3)15-12(13-2)16-11(8)19-7/h5H,4,6H2,1-3H3,(H2,13,14,15,16). The number of carbonyl (C=O) groups excluding carboxylic acids is 1. The number of aromatic nitrogens is 2. The van der Waals surface area contributed by atoms with Gasteiger partial charge in [0, 0.05) is 11.9 Å². The minimum atomic E-state index is -0.330. The summed E-state index contributed by atoms with van der Waals surface area (Å²) in [6, 6.07) is 2.05. The van der Waals surface area contributed by atoms with Crippen LogP contribution in [0.2, 0.25) is 0 Å². The highest BCUT2D eigenvalue weighted by Gasteiger charge is 2.11. The van der Waals surface area contributed by atoms with Crippen molar-refractivity contribution in [3.63, 3.8) is 0 Å². The van der Waals surface area contributed by atoms with Crippen LogP contribution in [0, 0.1) is 0 Å². The summed E-state index contributed by atoms with van der Waals surface area (Å²) in [6.45, 7) is 2.18. The molecule has 2 N–H and O–H groups in total. The third-order valence-corrected chi connectivity index (χ3v) is 3.82. The molecular weight excluding hydrogens is 264 g/mol. The zero-order chi connectivity index (χ0) is 13.8. The van der Waals surface area contributed by atoms with E-state index >= 15 is 0 Å². The molecule has 0 amide bonds. The Bertz CT molecular complexity index is 597. The molecule has 0 fully saturated rings. The van der Waals surface area contributed by atoms with Crippen molar-refractivity contribution in [1.82, 2.24) is 9.97 Å². The molecule has 2 aromatic heterocycles. The second-order valence-electron chi connectivity index (χ2n) is 3.86. The predicted octanol–water partition coefficient (Wildman–Crippen LogP) is 1.88. The van der Waals surface area contributed by atoms with E-state index in [9.17, 15) is 4.79 Å². The number of ether oxygens (including phenoxy) is 1. The molecule has 0 unspecified atom stereocenters. The monoisotopic (exact) mass is 280 g/mol. The van der Waals surface area contributed by atoms with Crippen molar-refractivity contribution in [1.29, 1.82) is 0 Å². The van der Waals surface area contributed by atoms with Crippen LogP contribution in [0.1, 0.15) is 11.8 Å². The lowest BCUT2D eigenvalue weighted by Crippen LogP contribution is -2.16. The molecule has 0 spiro atoms. The van der Waals surface area contributed by atoms with Crippen molar-refractivity contribution in [3.8, 4) is 0 Å². The Morgan fingerprint density at radius 3 is 2.89 bits per heavy atom. The van der Waals surface area contributed by atoms with Gasteiger partial charge in [-0.3, -0.25) is 4.79 Å². The third kappa shape index (κ3) is 2.93. The summed E-state index contributed by atoms with van der Waals surface area (Å²) in [4.78, 5) is 22.1. The lowest BCUT2D eigenvalue weighted by Gasteiger charge is -2.07. The van der Waals surface area contributed by atoms with Gasteiger partial charge in [0.05, 0.1) is 12.5 Å². The Balaban J connectivity index is 2.38. The smallest absolute Gasteiger partial charge is 0.325 e. The molecule has 0 saturated heterocycles. The van der Waals surface area contributed by atoms with Crippen LogP contribution in [0.25, 0.3) is 10.2 Å². The van der Waals surface area contributed by atoms with Gasteiger partial charge in [0.1, 0.15) is 17.2 Å². The molecule has 0 bridgehead atoms. The minimum absolute atomic E-state index is 0.0864. The van der Waals surface area contributed by atoms with E-state index in [1.165, 1.54) is 12.0 Å². The van der Waals surface area contributed by atoms with Gasteiger partial charge in [-0.05, 0) is 12.5 Å². The number of aryl methyl sites for hydroxylation is 1. The van der Waals surface area contributed by atoms with E-state index in [0.717, 1.165) is 16.6 Å². The van der Waals surface area contributed by atoms with E-state index in [1.807, 2.05) is 0 Å². The number of rotatable bonds is 5. The second-order valence-corrected chi connectivity index (χ2v) is 4.98. The van der Waals surface area contributed by atoms with Crippen LogP contribution < -0.4 is 10.6 Å². The molecule has 0 radical (unpaired) electrons. The molecule has 0 aliphatic carbocycles. The molecule has 2 aromatic rings. The summed E-state index contributed by atoms with van der Waals surface area (Å²) >= 11 is 1.63. The zero-order valence-electron chi connectivity index (χ0n) is 11.1. The summed E-state index contributed by atoms with van der Waals surface area (Å²) < 4.78 is 4.61. The topological polar surface area (TPSA) is 76.1 Å². The van der Waals surface area contributed by atoms with E-state index < -0.39 is 0 Å². The van der Waals surface area contributed by atoms with E-state index in [4.69, 9.17) is 0 Å². The Hall–Kier alpha value is -1.89. The predicted molar refractivity (Wildman–Crippen MR) is 76.8 cm³/mol.